The SMILES string of the molecule is COc1cc(OC(OC)OC)c(CC=C(C)C)cc1/C(C=O)=C\c1ccc(F)cc1F. The second-order valence-electron chi connectivity index (χ2n) is 6.91. The van der Waals surface area contributed by atoms with Crippen molar-refractivity contribution >= 4 is 17.9 Å². The number of allylic oxidation sites excluding steroid dienone is 3. The third-order valence-electron chi connectivity index (χ3n) is 4.43. The maximum atomic E-state index is 14.1. The zero-order valence-corrected chi connectivity index (χ0v) is 18.2. The molecule has 0 atom stereocenters. The van der Waals surface area contributed by atoms with E-state index in [1.807, 2.05) is 19.9 Å². The Morgan fingerprint density at radius 1 is 1.03 bits per heavy atom. The normalized spacial score (nSPS) is 11.4. The number of benzene rings is 2. The third-order valence-corrected chi connectivity index (χ3v) is 4.43. The molecule has 0 saturated heterocycles. The van der Waals surface area contributed by atoms with E-state index < -0.39 is 18.1 Å². The summed E-state index contributed by atoms with van der Waals surface area (Å²) in [6.07, 6.45) is 4.44. The van der Waals surface area contributed by atoms with E-state index in [0.29, 0.717) is 29.8 Å². The zero-order valence-electron chi connectivity index (χ0n) is 18.2. The highest BCUT2D eigenvalue weighted by Crippen LogP contribution is 2.35. The molecule has 0 aromatic heterocycles. The molecular weight excluding hydrogens is 406 g/mol. The van der Waals surface area contributed by atoms with Crippen molar-refractivity contribution in [2.45, 2.75) is 26.7 Å². The van der Waals surface area contributed by atoms with Crippen LogP contribution in [0.15, 0.2) is 42.0 Å². The summed E-state index contributed by atoms with van der Waals surface area (Å²) in [6.45, 7) is 2.99. The molecule has 0 aliphatic rings. The number of hydrogen-bond acceptors (Lipinski definition) is 5. The summed E-state index contributed by atoms with van der Waals surface area (Å²) in [5.74, 6) is -0.685. The quantitative estimate of drug-likeness (QED) is 0.170. The van der Waals surface area contributed by atoms with Gasteiger partial charge in [-0.2, -0.15) is 0 Å². The summed E-state index contributed by atoms with van der Waals surface area (Å²) in [5.41, 5.74) is 2.52. The summed E-state index contributed by atoms with van der Waals surface area (Å²) in [4.78, 5) is 11.9. The number of hydrogen-bond donors (Lipinski definition) is 0. The van der Waals surface area contributed by atoms with Crippen LogP contribution in [-0.4, -0.2) is 34.1 Å². The first-order valence-corrected chi connectivity index (χ1v) is 9.51. The Kier molecular flexibility index (Phi) is 8.90. The van der Waals surface area contributed by atoms with E-state index in [0.717, 1.165) is 23.3 Å². The van der Waals surface area contributed by atoms with Crippen molar-refractivity contribution in [3.8, 4) is 11.5 Å². The van der Waals surface area contributed by atoms with Crippen molar-refractivity contribution in [1.29, 1.82) is 0 Å². The van der Waals surface area contributed by atoms with Crippen molar-refractivity contribution in [2.24, 2.45) is 0 Å². The molecule has 0 unspecified atom stereocenters. The van der Waals surface area contributed by atoms with Crippen molar-refractivity contribution < 1.29 is 32.5 Å². The van der Waals surface area contributed by atoms with Crippen LogP contribution < -0.4 is 9.47 Å². The van der Waals surface area contributed by atoms with Gasteiger partial charge in [-0.3, -0.25) is 4.79 Å². The van der Waals surface area contributed by atoms with Crippen LogP contribution >= 0.6 is 0 Å². The molecule has 0 heterocycles. The van der Waals surface area contributed by atoms with Gasteiger partial charge in [0.25, 0.3) is 0 Å². The van der Waals surface area contributed by atoms with Crippen LogP contribution in [0.3, 0.4) is 0 Å². The van der Waals surface area contributed by atoms with Crippen molar-refractivity contribution in [3.63, 3.8) is 0 Å². The standard InChI is InChI=1S/C24H26F2O5/c1-15(2)6-7-17-11-20(23(28-3)13-22(17)31-24(29-4)30-5)18(14-27)10-16-8-9-19(25)12-21(16)26/h6,8-14,24H,7H2,1-5H3/b18-10-. The summed E-state index contributed by atoms with van der Waals surface area (Å²) in [6, 6.07) is 6.51. The molecule has 166 valence electrons. The van der Waals surface area contributed by atoms with Crippen LogP contribution in [0.25, 0.3) is 11.6 Å². The highest BCUT2D eigenvalue weighted by Gasteiger charge is 2.18. The average molecular weight is 432 g/mol. The lowest BCUT2D eigenvalue weighted by molar-refractivity contribution is -0.219. The molecule has 0 aliphatic carbocycles. The lowest BCUT2D eigenvalue weighted by Gasteiger charge is -2.20. The number of aldehydes is 1. The third kappa shape index (κ3) is 6.47. The Morgan fingerprint density at radius 3 is 2.29 bits per heavy atom. The van der Waals surface area contributed by atoms with E-state index in [-0.39, 0.29) is 11.1 Å². The summed E-state index contributed by atoms with van der Waals surface area (Å²) >= 11 is 0. The minimum absolute atomic E-state index is 0.0792. The molecule has 31 heavy (non-hydrogen) atoms. The number of carbonyl (C=O) groups is 1. The van der Waals surface area contributed by atoms with E-state index in [1.165, 1.54) is 33.5 Å². The first-order valence-electron chi connectivity index (χ1n) is 9.51. The molecule has 2 aromatic carbocycles. The van der Waals surface area contributed by atoms with Gasteiger partial charge in [0.05, 0.1) is 7.11 Å². The van der Waals surface area contributed by atoms with Crippen LogP contribution in [0.5, 0.6) is 11.5 Å². The van der Waals surface area contributed by atoms with Crippen molar-refractivity contribution in [1.82, 2.24) is 0 Å². The fourth-order valence-corrected chi connectivity index (χ4v) is 2.84. The minimum atomic E-state index is -0.935. The molecule has 0 aliphatic heterocycles. The Morgan fingerprint density at radius 2 is 1.74 bits per heavy atom. The van der Waals surface area contributed by atoms with Crippen LogP contribution in [-0.2, 0) is 20.7 Å². The number of carbonyl (C=O) groups excluding carboxylic acids is 1. The van der Waals surface area contributed by atoms with E-state index in [9.17, 15) is 13.6 Å². The molecule has 0 amide bonds. The lowest BCUT2D eigenvalue weighted by Crippen LogP contribution is -2.21. The Hall–Kier alpha value is -3.03. The van der Waals surface area contributed by atoms with Gasteiger partial charge >= 0.3 is 6.48 Å². The summed E-state index contributed by atoms with van der Waals surface area (Å²) in [5, 5.41) is 0. The van der Waals surface area contributed by atoms with Crippen molar-refractivity contribution in [2.75, 3.05) is 21.3 Å². The molecule has 0 N–H and O–H groups in total. The molecule has 2 rings (SSSR count). The number of rotatable bonds is 10. The van der Waals surface area contributed by atoms with E-state index in [2.05, 4.69) is 0 Å². The highest BCUT2D eigenvalue weighted by molar-refractivity contribution is 6.14. The number of methoxy groups -OCH3 is 3. The fraction of sp³-hybridized carbons (Fsp3) is 0.292. The van der Waals surface area contributed by atoms with Crippen molar-refractivity contribution in [3.05, 3.63) is 70.3 Å². The number of ether oxygens (including phenoxy) is 4. The minimum Gasteiger partial charge on any atom is -0.496 e. The van der Waals surface area contributed by atoms with Gasteiger partial charge in [-0.05, 0) is 50.1 Å². The van der Waals surface area contributed by atoms with Crippen LogP contribution in [0.1, 0.15) is 30.5 Å². The molecule has 2 aromatic rings. The highest BCUT2D eigenvalue weighted by atomic mass is 19.1. The Labute approximate surface area is 180 Å². The fourth-order valence-electron chi connectivity index (χ4n) is 2.84. The maximum absolute atomic E-state index is 14.1. The molecule has 0 bridgehead atoms. The van der Waals surface area contributed by atoms with Gasteiger partial charge in [-0.25, -0.2) is 8.78 Å². The zero-order chi connectivity index (χ0) is 23.0. The smallest absolute Gasteiger partial charge is 0.315 e. The molecule has 0 radical (unpaired) electrons. The summed E-state index contributed by atoms with van der Waals surface area (Å²) in [7, 11) is 4.34. The van der Waals surface area contributed by atoms with Gasteiger partial charge in [-0.1, -0.05) is 11.6 Å². The molecular formula is C24H26F2O5. The van der Waals surface area contributed by atoms with Crippen LogP contribution in [0.4, 0.5) is 8.78 Å². The lowest BCUT2D eigenvalue weighted by atomic mass is 9.98. The second kappa shape index (κ2) is 11.4. The molecule has 0 fully saturated rings. The Balaban J connectivity index is 2.63. The molecule has 0 spiro atoms. The van der Waals surface area contributed by atoms with E-state index >= 15 is 0 Å². The van der Waals surface area contributed by atoms with Crippen LogP contribution in [0.2, 0.25) is 0 Å². The van der Waals surface area contributed by atoms with Gasteiger partial charge in [-0.15, -0.1) is 0 Å². The molecule has 5 nitrogen and oxygen atoms in total. The second-order valence-corrected chi connectivity index (χ2v) is 6.91. The molecule has 0 saturated carbocycles. The first-order chi connectivity index (χ1) is 14.8. The summed E-state index contributed by atoms with van der Waals surface area (Å²) < 4.78 is 48.8. The van der Waals surface area contributed by atoms with Gasteiger partial charge in [0.15, 0.2) is 6.29 Å². The van der Waals surface area contributed by atoms with Gasteiger partial charge in [0.2, 0.25) is 0 Å². The van der Waals surface area contributed by atoms with E-state index in [1.54, 1.807) is 12.1 Å². The van der Waals surface area contributed by atoms with E-state index in [4.69, 9.17) is 18.9 Å². The predicted octanol–water partition coefficient (Wildman–Crippen LogP) is 5.18. The van der Waals surface area contributed by atoms with Gasteiger partial charge < -0.3 is 18.9 Å². The average Bonchev–Trinajstić information content (AvgIpc) is 2.75. The Bertz CT molecular complexity index is 974. The van der Waals surface area contributed by atoms with Gasteiger partial charge in [0.1, 0.15) is 23.1 Å². The molecule has 7 heteroatoms. The monoisotopic (exact) mass is 432 g/mol. The van der Waals surface area contributed by atoms with Crippen LogP contribution in [0, 0.1) is 11.6 Å². The first kappa shape index (κ1) is 24.2. The predicted molar refractivity (Wildman–Crippen MR) is 115 cm³/mol. The largest absolute Gasteiger partial charge is 0.496 e. The maximum Gasteiger partial charge on any atom is 0.315 e. The number of halogens is 2. The van der Waals surface area contributed by atoms with Gasteiger partial charge in [0, 0.05) is 43.1 Å². The topological polar surface area (TPSA) is 54.0 Å².